The fraction of sp³-hybridized carbons (Fsp3) is 0.263. The number of hydrogen-bond donors (Lipinski definition) is 5. The van der Waals surface area contributed by atoms with E-state index in [2.05, 4.69) is 33.6 Å². The van der Waals surface area contributed by atoms with Crippen molar-refractivity contribution in [1.29, 1.82) is 0 Å². The maximum atomic E-state index is 12.6. The number of carbonyl (C=O) groups excluding carboxylic acids is 3. The third kappa shape index (κ3) is 5.61. The largest absolute Gasteiger partial charge is 0.427 e. The summed E-state index contributed by atoms with van der Waals surface area (Å²) in [7, 11) is 1.69. The lowest BCUT2D eigenvalue weighted by Gasteiger charge is -2.25. The summed E-state index contributed by atoms with van der Waals surface area (Å²) in [6.07, 6.45) is 1.31. The number of anilines is 1. The number of nitrogens with two attached hydrogens (primary N) is 1. The molecule has 2 amide bonds. The van der Waals surface area contributed by atoms with Crippen LogP contribution in [0, 0.1) is 0 Å². The van der Waals surface area contributed by atoms with Gasteiger partial charge in [-0.2, -0.15) is 0 Å². The number of benzene rings is 1. The second-order valence-electron chi connectivity index (χ2n) is 6.49. The number of thiol groups is 1. The number of nitrogens with zero attached hydrogens (tertiary/aromatic N) is 2. The number of amides is 2. The van der Waals surface area contributed by atoms with Crippen LogP contribution in [0.4, 0.5) is 5.69 Å². The molecule has 0 saturated heterocycles. The molecule has 0 fully saturated rings. The molecule has 0 radical (unpaired) electrons. The highest BCUT2D eigenvalue weighted by molar-refractivity contribution is 7.83. The van der Waals surface area contributed by atoms with E-state index >= 15 is 0 Å². The van der Waals surface area contributed by atoms with Crippen LogP contribution in [-0.4, -0.2) is 42.1 Å². The van der Waals surface area contributed by atoms with Crippen molar-refractivity contribution >= 4 is 42.3 Å². The zero-order chi connectivity index (χ0) is 22.3. The number of nitrogens with one attached hydrogen (secondary N) is 3. The van der Waals surface area contributed by atoms with Gasteiger partial charge in [0.15, 0.2) is 11.6 Å². The molecule has 1 aromatic carbocycles. The summed E-state index contributed by atoms with van der Waals surface area (Å²) in [4.78, 5) is 39.7. The summed E-state index contributed by atoms with van der Waals surface area (Å²) >= 11 is 4.04. The lowest BCUT2D eigenvalue weighted by Crippen LogP contribution is -2.44. The number of ether oxygens (including phenoxy) is 1. The van der Waals surface area contributed by atoms with Crippen LogP contribution in [0.3, 0.4) is 0 Å². The average molecular weight is 433 g/mol. The molecule has 30 heavy (non-hydrogen) atoms. The van der Waals surface area contributed by atoms with E-state index in [1.54, 1.807) is 25.2 Å². The average Bonchev–Trinajstić information content (AvgIpc) is 2.72. The fourth-order valence-electron chi connectivity index (χ4n) is 2.56. The molecule has 5 N–H and O–H groups in total. The lowest BCUT2D eigenvalue weighted by molar-refractivity contribution is -0.121. The molecule has 11 heteroatoms. The van der Waals surface area contributed by atoms with Gasteiger partial charge in [-0.05, 0) is 31.5 Å². The minimum atomic E-state index is -0.496. The highest BCUT2D eigenvalue weighted by Gasteiger charge is 2.26. The van der Waals surface area contributed by atoms with E-state index < -0.39 is 11.8 Å². The zero-order valence-corrected chi connectivity index (χ0v) is 17.7. The highest BCUT2D eigenvalue weighted by atomic mass is 32.1. The van der Waals surface area contributed by atoms with E-state index in [4.69, 9.17) is 10.6 Å². The molecular weight excluding hydrogens is 408 g/mol. The first-order valence-corrected chi connectivity index (χ1v) is 9.52. The van der Waals surface area contributed by atoms with Crippen LogP contribution in [0.15, 0.2) is 46.2 Å². The number of hydrazine groups is 1. The molecule has 0 saturated carbocycles. The minimum Gasteiger partial charge on any atom is -0.427 e. The van der Waals surface area contributed by atoms with Gasteiger partial charge >= 0.3 is 0 Å². The molecule has 0 aliphatic carbocycles. The monoisotopic (exact) mass is 432 g/mol. The van der Waals surface area contributed by atoms with E-state index in [-0.39, 0.29) is 29.8 Å². The molecule has 0 bridgehead atoms. The van der Waals surface area contributed by atoms with Gasteiger partial charge in [0.05, 0.1) is 5.69 Å². The van der Waals surface area contributed by atoms with Gasteiger partial charge in [-0.1, -0.05) is 6.07 Å². The third-order valence-electron chi connectivity index (χ3n) is 3.96. The van der Waals surface area contributed by atoms with E-state index in [9.17, 15) is 14.4 Å². The van der Waals surface area contributed by atoms with Crippen LogP contribution in [0.25, 0.3) is 0 Å². The van der Waals surface area contributed by atoms with Crippen LogP contribution in [0.5, 0.6) is 5.75 Å². The van der Waals surface area contributed by atoms with Gasteiger partial charge in [0, 0.05) is 31.1 Å². The number of carbonyl (C=O) groups is 3. The molecule has 160 valence electrons. The van der Waals surface area contributed by atoms with Gasteiger partial charge in [0.2, 0.25) is 0 Å². The Kier molecular flexibility index (Phi) is 8.01. The van der Waals surface area contributed by atoms with E-state index in [0.717, 1.165) is 10.6 Å². The highest BCUT2D eigenvalue weighted by Crippen LogP contribution is 2.25. The predicted molar refractivity (Wildman–Crippen MR) is 116 cm³/mol. The Balaban J connectivity index is 2.18. The standard InChI is InChI=1S/C19H24N6O4S/c1-11(2)23-19(28)15-7-14(24-17(9-30)25(15)20)18(27)22-8-12-4-5-16(29-10-26)13(6-12)21-3/h4-7,9-11,21,30H,8,20H2,1-3H3,(H,22,27)(H,23,28)/b17-9-. The van der Waals surface area contributed by atoms with Crippen LogP contribution in [0.1, 0.15) is 19.4 Å². The van der Waals surface area contributed by atoms with Crippen LogP contribution in [-0.2, 0) is 20.9 Å². The molecule has 0 spiro atoms. The Morgan fingerprint density at radius 2 is 2.07 bits per heavy atom. The SMILES string of the molecule is CNc1cc(CNC(=O)C2=N/C(=C/S)N(N)C(C(=O)NC(C)C)=C2)ccc1OC=O. The summed E-state index contributed by atoms with van der Waals surface area (Å²) in [6, 6.07) is 4.95. The Labute approximate surface area is 179 Å². The van der Waals surface area contributed by atoms with Gasteiger partial charge < -0.3 is 20.7 Å². The Bertz CT molecular complexity index is 926. The first-order valence-electron chi connectivity index (χ1n) is 9.00. The second-order valence-corrected chi connectivity index (χ2v) is 6.75. The van der Waals surface area contributed by atoms with Crippen molar-refractivity contribution in [2.24, 2.45) is 10.8 Å². The van der Waals surface area contributed by atoms with Gasteiger partial charge in [0.1, 0.15) is 11.4 Å². The van der Waals surface area contributed by atoms with Crippen molar-refractivity contribution < 1.29 is 19.1 Å². The smallest absolute Gasteiger partial charge is 0.298 e. The van der Waals surface area contributed by atoms with E-state index in [1.807, 2.05) is 13.8 Å². The van der Waals surface area contributed by atoms with Crippen molar-refractivity contribution in [2.45, 2.75) is 26.4 Å². The van der Waals surface area contributed by atoms with E-state index in [0.29, 0.717) is 17.9 Å². The molecule has 1 aromatic rings. The molecule has 1 aliphatic rings. The normalized spacial score (nSPS) is 14.7. The number of aliphatic imine (C=N–C) groups is 1. The lowest BCUT2D eigenvalue weighted by atomic mass is 10.1. The van der Waals surface area contributed by atoms with Crippen molar-refractivity contribution in [2.75, 3.05) is 12.4 Å². The molecule has 1 heterocycles. The molecule has 0 atom stereocenters. The topological polar surface area (TPSA) is 138 Å². The quantitative estimate of drug-likeness (QED) is 0.231. The minimum absolute atomic E-state index is 0.0145. The first kappa shape index (κ1) is 23.0. The molecule has 1 aliphatic heterocycles. The maximum absolute atomic E-state index is 12.6. The Morgan fingerprint density at radius 1 is 1.33 bits per heavy atom. The summed E-state index contributed by atoms with van der Waals surface area (Å²) < 4.78 is 4.87. The maximum Gasteiger partial charge on any atom is 0.298 e. The number of hydrogen-bond acceptors (Lipinski definition) is 9. The zero-order valence-electron chi connectivity index (χ0n) is 16.8. The Morgan fingerprint density at radius 3 is 2.67 bits per heavy atom. The van der Waals surface area contributed by atoms with Crippen LogP contribution < -0.4 is 26.5 Å². The number of rotatable bonds is 8. The molecular formula is C19H24N6O4S. The Hall–Kier alpha value is -3.31. The van der Waals surface area contributed by atoms with Gasteiger partial charge in [-0.15, -0.1) is 12.6 Å². The van der Waals surface area contributed by atoms with Crippen molar-refractivity contribution in [3.8, 4) is 5.75 Å². The summed E-state index contributed by atoms with van der Waals surface area (Å²) in [5, 5.41) is 10.7. The fourth-order valence-corrected chi connectivity index (χ4v) is 2.74. The van der Waals surface area contributed by atoms with Gasteiger partial charge in [-0.25, -0.2) is 10.8 Å². The summed E-state index contributed by atoms with van der Waals surface area (Å²) in [6.45, 7) is 4.14. The molecule has 2 rings (SSSR count). The molecule has 0 unspecified atom stereocenters. The van der Waals surface area contributed by atoms with Crippen molar-refractivity contribution in [1.82, 2.24) is 15.6 Å². The van der Waals surface area contributed by atoms with Gasteiger partial charge in [0.25, 0.3) is 18.3 Å². The van der Waals surface area contributed by atoms with Crippen LogP contribution >= 0.6 is 12.6 Å². The van der Waals surface area contributed by atoms with Crippen LogP contribution in [0.2, 0.25) is 0 Å². The van der Waals surface area contributed by atoms with Crippen molar-refractivity contribution in [3.05, 3.63) is 46.8 Å². The summed E-state index contributed by atoms with van der Waals surface area (Å²) in [5.74, 6) is 5.49. The van der Waals surface area contributed by atoms with Crippen molar-refractivity contribution in [3.63, 3.8) is 0 Å². The second kappa shape index (κ2) is 10.5. The molecule has 0 aromatic heterocycles. The summed E-state index contributed by atoms with van der Waals surface area (Å²) in [5.41, 5.74) is 1.43. The first-order chi connectivity index (χ1) is 14.3. The van der Waals surface area contributed by atoms with Gasteiger partial charge in [-0.3, -0.25) is 19.4 Å². The predicted octanol–water partition coefficient (Wildman–Crippen LogP) is 0.647. The molecule has 10 nitrogen and oxygen atoms in total. The third-order valence-corrected chi connectivity index (χ3v) is 4.19. The van der Waals surface area contributed by atoms with E-state index in [1.165, 1.54) is 11.5 Å².